The molecule has 1 rings (SSSR count). The number of rotatable bonds is 3. The Bertz CT molecular complexity index is 236. The van der Waals surface area contributed by atoms with E-state index < -0.39 is 0 Å². The molecule has 0 fully saturated rings. The van der Waals surface area contributed by atoms with Crippen LogP contribution in [-0.4, -0.2) is 38.0 Å². The van der Waals surface area contributed by atoms with Crippen molar-refractivity contribution in [3.05, 3.63) is 24.3 Å². The molecule has 0 aromatic heterocycles. The van der Waals surface area contributed by atoms with Gasteiger partial charge in [-0.2, -0.15) is 0 Å². The van der Waals surface area contributed by atoms with Crippen LogP contribution in [0.1, 0.15) is 13.8 Å². The van der Waals surface area contributed by atoms with Crippen LogP contribution in [-0.2, 0) is 4.74 Å². The second-order valence-electron chi connectivity index (χ2n) is 2.75. The van der Waals surface area contributed by atoms with Crippen molar-refractivity contribution in [2.45, 2.75) is 13.8 Å². The Balaban J connectivity index is 0.000000292. The minimum atomic E-state index is 0.844. The molecule has 0 unspecified atom stereocenters. The van der Waals surface area contributed by atoms with Crippen LogP contribution in [0, 0.1) is 0 Å². The van der Waals surface area contributed by atoms with Gasteiger partial charge >= 0.3 is 63.8 Å². The first-order valence-electron chi connectivity index (χ1n) is 4.93. The number of benzene rings is 1. The van der Waals surface area contributed by atoms with Crippen LogP contribution in [0.15, 0.2) is 24.3 Å². The van der Waals surface area contributed by atoms with Crippen LogP contribution < -0.4 is 8.97 Å². The van der Waals surface area contributed by atoms with Gasteiger partial charge in [-0.15, -0.1) is 0 Å². The summed E-state index contributed by atoms with van der Waals surface area (Å²) in [5.41, 5.74) is 0. The van der Waals surface area contributed by atoms with Crippen molar-refractivity contribution in [2.75, 3.05) is 20.3 Å². The van der Waals surface area contributed by atoms with E-state index in [1.165, 1.54) is 4.24 Å². The van der Waals surface area contributed by atoms with E-state index in [1.54, 1.807) is 7.11 Å². The van der Waals surface area contributed by atoms with Crippen LogP contribution in [0.5, 0.6) is 5.75 Å². The molecule has 14 heavy (non-hydrogen) atoms. The average molecular weight is 188 g/mol. The van der Waals surface area contributed by atoms with E-state index >= 15 is 0 Å². The first-order chi connectivity index (χ1) is 6.76. The summed E-state index contributed by atoms with van der Waals surface area (Å²) >= 11 is 2.03. The van der Waals surface area contributed by atoms with Crippen molar-refractivity contribution in [1.29, 1.82) is 0 Å². The van der Waals surface area contributed by atoms with Gasteiger partial charge in [0.2, 0.25) is 0 Å². The Labute approximate surface area is 95.8 Å². The van der Waals surface area contributed by atoms with E-state index in [-0.39, 0.29) is 0 Å². The van der Waals surface area contributed by atoms with Gasteiger partial charge in [0, 0.05) is 13.2 Å². The van der Waals surface area contributed by atoms with Crippen molar-refractivity contribution in [2.24, 2.45) is 0 Å². The molecule has 0 aliphatic rings. The number of ether oxygens (including phenoxy) is 2. The van der Waals surface area contributed by atoms with E-state index in [4.69, 9.17) is 9.47 Å². The molecule has 0 heterocycles. The third kappa shape index (κ3) is 6.10. The molecule has 74 valence electrons. The van der Waals surface area contributed by atoms with Crippen LogP contribution >= 0.6 is 0 Å². The Hall–Kier alpha value is -0.423. The second-order valence-corrected chi connectivity index (χ2v) is 2.75. The van der Waals surface area contributed by atoms with Gasteiger partial charge in [-0.3, -0.25) is 0 Å². The zero-order valence-electron chi connectivity index (χ0n) is 9.54. The maximum atomic E-state index is 5.04. The first kappa shape index (κ1) is 13.6. The molecule has 0 saturated carbocycles. The SMILES string of the molecule is CCOCC.[Li][c]1ccccc1OC. The fourth-order valence-electron chi connectivity index (χ4n) is 0.990. The monoisotopic (exact) mass is 188 g/mol. The van der Waals surface area contributed by atoms with Crippen LogP contribution in [0.3, 0.4) is 0 Å². The summed E-state index contributed by atoms with van der Waals surface area (Å²) in [5.74, 6) is 0.956. The van der Waals surface area contributed by atoms with Crippen molar-refractivity contribution < 1.29 is 9.47 Å². The quantitative estimate of drug-likeness (QED) is 0.670. The van der Waals surface area contributed by atoms with E-state index in [0.29, 0.717) is 0 Å². The van der Waals surface area contributed by atoms with Gasteiger partial charge < -0.3 is 4.74 Å². The number of hydrogen-bond acceptors (Lipinski definition) is 2. The predicted molar refractivity (Wildman–Crippen MR) is 60.5 cm³/mol. The van der Waals surface area contributed by atoms with Crippen LogP contribution in [0.2, 0.25) is 0 Å². The minimum absolute atomic E-state index is 0.844. The molecule has 2 nitrogen and oxygen atoms in total. The predicted octanol–water partition coefficient (Wildman–Crippen LogP) is 1.53. The van der Waals surface area contributed by atoms with Crippen LogP contribution in [0.4, 0.5) is 0 Å². The molecule has 0 N–H and O–H groups in total. The summed E-state index contributed by atoms with van der Waals surface area (Å²) < 4.78 is 11.1. The summed E-state index contributed by atoms with van der Waals surface area (Å²) in [5, 5.41) is 0. The topological polar surface area (TPSA) is 18.5 Å². The molecular formula is C11H17LiO2. The summed E-state index contributed by atoms with van der Waals surface area (Å²) in [6.07, 6.45) is 0. The third-order valence-corrected chi connectivity index (χ3v) is 1.72. The molecule has 0 saturated heterocycles. The Morgan fingerprint density at radius 2 is 1.71 bits per heavy atom. The Morgan fingerprint density at radius 1 is 1.14 bits per heavy atom. The molecule has 1 aromatic rings. The number of para-hydroxylation sites is 1. The summed E-state index contributed by atoms with van der Waals surface area (Å²) in [4.78, 5) is 0. The normalized spacial score (nSPS) is 8.93. The van der Waals surface area contributed by atoms with E-state index in [1.807, 2.05) is 55.8 Å². The molecule has 0 aliphatic carbocycles. The molecule has 0 radical (unpaired) electrons. The van der Waals surface area contributed by atoms with Gasteiger partial charge in [0.1, 0.15) is 0 Å². The zero-order chi connectivity index (χ0) is 10.8. The van der Waals surface area contributed by atoms with Crippen LogP contribution in [0.25, 0.3) is 0 Å². The molecule has 3 heteroatoms. The number of methoxy groups -OCH3 is 1. The fourth-order valence-corrected chi connectivity index (χ4v) is 0.990. The molecule has 0 spiro atoms. The van der Waals surface area contributed by atoms with Gasteiger partial charge in [-0.25, -0.2) is 0 Å². The van der Waals surface area contributed by atoms with E-state index in [9.17, 15) is 0 Å². The maximum absolute atomic E-state index is 5.04. The molecule has 0 atom stereocenters. The molecule has 0 bridgehead atoms. The van der Waals surface area contributed by atoms with Crippen molar-refractivity contribution in [1.82, 2.24) is 0 Å². The molecule has 0 amide bonds. The second kappa shape index (κ2) is 9.14. The fraction of sp³-hybridized carbons (Fsp3) is 0.455. The summed E-state index contributed by atoms with van der Waals surface area (Å²) in [6, 6.07) is 7.94. The van der Waals surface area contributed by atoms with Gasteiger partial charge in [-0.1, -0.05) is 0 Å². The molecule has 1 aromatic carbocycles. The van der Waals surface area contributed by atoms with E-state index in [2.05, 4.69) is 0 Å². The van der Waals surface area contributed by atoms with Gasteiger partial charge in [0.25, 0.3) is 0 Å². The Kier molecular flexibility index (Phi) is 8.87. The zero-order valence-corrected chi connectivity index (χ0v) is 9.54. The number of hydrogen-bond donors (Lipinski definition) is 0. The summed E-state index contributed by atoms with van der Waals surface area (Å²) in [6.45, 7) is 5.67. The van der Waals surface area contributed by atoms with Gasteiger partial charge in [0.05, 0.1) is 0 Å². The van der Waals surface area contributed by atoms with Gasteiger partial charge in [-0.05, 0) is 13.8 Å². The summed E-state index contributed by atoms with van der Waals surface area (Å²) in [7, 11) is 1.68. The van der Waals surface area contributed by atoms with E-state index in [0.717, 1.165) is 19.0 Å². The average Bonchev–Trinajstić information content (AvgIpc) is 2.21. The molecule has 0 aliphatic heterocycles. The van der Waals surface area contributed by atoms with Crippen molar-refractivity contribution in [3.63, 3.8) is 0 Å². The standard InChI is InChI=1S/C7H7O.C4H10O.Li/c1-8-7-5-3-2-4-6-7;1-3-5-4-2;/h2-5H,1H3;3-4H2,1-2H3;. The first-order valence-corrected chi connectivity index (χ1v) is 4.93. The third-order valence-electron chi connectivity index (χ3n) is 1.72. The van der Waals surface area contributed by atoms with Crippen molar-refractivity contribution in [3.8, 4) is 5.75 Å². The van der Waals surface area contributed by atoms with Crippen molar-refractivity contribution >= 4 is 22.0 Å². The van der Waals surface area contributed by atoms with Gasteiger partial charge in [0.15, 0.2) is 0 Å². The Morgan fingerprint density at radius 3 is 2.00 bits per heavy atom. The molecular weight excluding hydrogens is 171 g/mol.